The Bertz CT molecular complexity index is 590. The molecule has 3 N–H and O–H groups in total. The first-order valence-corrected chi connectivity index (χ1v) is 6.95. The van der Waals surface area contributed by atoms with Gasteiger partial charge in [-0.1, -0.05) is 38.1 Å². The van der Waals surface area contributed by atoms with Gasteiger partial charge in [-0.05, 0) is 23.8 Å². The second kappa shape index (κ2) is 6.48. The lowest BCUT2D eigenvalue weighted by atomic mass is 10.0. The van der Waals surface area contributed by atoms with Crippen molar-refractivity contribution in [2.24, 2.45) is 11.7 Å². The Morgan fingerprint density at radius 1 is 1.30 bits per heavy atom. The topological polar surface area (TPSA) is 68.0 Å². The fourth-order valence-electron chi connectivity index (χ4n) is 2.30. The van der Waals surface area contributed by atoms with Crippen LogP contribution in [0.5, 0.6) is 0 Å². The third-order valence-corrected chi connectivity index (χ3v) is 3.19. The van der Waals surface area contributed by atoms with Crippen molar-refractivity contribution < 1.29 is 4.79 Å². The standard InChI is InChI=1S/C16H21N3O/c1-11(2)9-13(17)10-19-16(20)15-14-6-4-3-5-12(14)7-8-18-15/h3-8,11,13H,9-10,17H2,1-2H3,(H,19,20). The number of nitrogens with two attached hydrogens (primary N) is 1. The number of nitrogens with one attached hydrogen (secondary N) is 1. The summed E-state index contributed by atoms with van der Waals surface area (Å²) in [6, 6.07) is 9.61. The first-order chi connectivity index (χ1) is 9.58. The van der Waals surface area contributed by atoms with Crippen LogP contribution in [0.4, 0.5) is 0 Å². The third kappa shape index (κ3) is 3.54. The average Bonchev–Trinajstić information content (AvgIpc) is 2.43. The van der Waals surface area contributed by atoms with Crippen LogP contribution < -0.4 is 11.1 Å². The molecule has 4 nitrogen and oxygen atoms in total. The van der Waals surface area contributed by atoms with Crippen molar-refractivity contribution >= 4 is 16.7 Å². The van der Waals surface area contributed by atoms with Crippen molar-refractivity contribution in [3.8, 4) is 0 Å². The van der Waals surface area contributed by atoms with Crippen LogP contribution >= 0.6 is 0 Å². The maximum Gasteiger partial charge on any atom is 0.270 e. The van der Waals surface area contributed by atoms with Gasteiger partial charge in [0, 0.05) is 24.2 Å². The van der Waals surface area contributed by atoms with Crippen molar-refractivity contribution in [2.45, 2.75) is 26.3 Å². The summed E-state index contributed by atoms with van der Waals surface area (Å²) in [7, 11) is 0. The number of nitrogens with zero attached hydrogens (tertiary/aromatic N) is 1. The highest BCUT2D eigenvalue weighted by atomic mass is 16.1. The van der Waals surface area contributed by atoms with Gasteiger partial charge in [-0.2, -0.15) is 0 Å². The Balaban J connectivity index is 2.08. The van der Waals surface area contributed by atoms with Gasteiger partial charge in [0.15, 0.2) is 0 Å². The number of fused-ring (bicyclic) bond motifs is 1. The van der Waals surface area contributed by atoms with Gasteiger partial charge in [-0.25, -0.2) is 0 Å². The van der Waals surface area contributed by atoms with Crippen molar-refractivity contribution in [3.05, 3.63) is 42.2 Å². The largest absolute Gasteiger partial charge is 0.349 e. The molecular weight excluding hydrogens is 250 g/mol. The predicted molar refractivity (Wildman–Crippen MR) is 81.5 cm³/mol. The second-order valence-corrected chi connectivity index (χ2v) is 5.48. The molecule has 1 unspecified atom stereocenters. The predicted octanol–water partition coefficient (Wildman–Crippen LogP) is 2.34. The molecule has 2 aromatic rings. The van der Waals surface area contributed by atoms with Crippen molar-refractivity contribution in [3.63, 3.8) is 0 Å². The van der Waals surface area contributed by atoms with Gasteiger partial charge in [0.25, 0.3) is 5.91 Å². The second-order valence-electron chi connectivity index (χ2n) is 5.48. The van der Waals surface area contributed by atoms with Crippen LogP contribution in [0.25, 0.3) is 10.8 Å². The molecule has 1 amide bonds. The van der Waals surface area contributed by atoms with Crippen LogP contribution in [-0.2, 0) is 0 Å². The van der Waals surface area contributed by atoms with E-state index < -0.39 is 0 Å². The normalized spacial score (nSPS) is 12.6. The minimum atomic E-state index is -0.166. The van der Waals surface area contributed by atoms with Crippen molar-refractivity contribution in [2.75, 3.05) is 6.54 Å². The zero-order valence-corrected chi connectivity index (χ0v) is 12.0. The number of rotatable bonds is 5. The summed E-state index contributed by atoms with van der Waals surface area (Å²) in [5.74, 6) is 0.360. The zero-order valence-electron chi connectivity index (χ0n) is 12.0. The van der Waals surface area contributed by atoms with Crippen LogP contribution in [0.1, 0.15) is 30.8 Å². The van der Waals surface area contributed by atoms with E-state index in [0.29, 0.717) is 18.2 Å². The summed E-state index contributed by atoms with van der Waals surface area (Å²) < 4.78 is 0. The minimum absolute atomic E-state index is 0.0195. The molecule has 1 aromatic heterocycles. The monoisotopic (exact) mass is 271 g/mol. The number of amides is 1. The lowest BCUT2D eigenvalue weighted by Gasteiger charge is -2.15. The van der Waals surface area contributed by atoms with Gasteiger partial charge in [0.05, 0.1) is 0 Å². The Labute approximate surface area is 119 Å². The quantitative estimate of drug-likeness (QED) is 0.877. The molecule has 0 aliphatic heterocycles. The molecule has 1 aromatic carbocycles. The molecule has 1 heterocycles. The van der Waals surface area contributed by atoms with Gasteiger partial charge in [0.1, 0.15) is 5.69 Å². The molecule has 0 saturated carbocycles. The SMILES string of the molecule is CC(C)CC(N)CNC(=O)c1nccc2ccccc12. The summed E-state index contributed by atoms with van der Waals surface area (Å²) >= 11 is 0. The molecule has 0 aliphatic carbocycles. The van der Waals surface area contributed by atoms with E-state index in [1.54, 1.807) is 6.20 Å². The summed E-state index contributed by atoms with van der Waals surface area (Å²) in [6.45, 7) is 4.71. The first-order valence-electron chi connectivity index (χ1n) is 6.95. The zero-order chi connectivity index (χ0) is 14.5. The molecule has 0 aliphatic rings. The average molecular weight is 271 g/mol. The first kappa shape index (κ1) is 14.5. The molecule has 4 heteroatoms. The number of pyridine rings is 1. The van der Waals surface area contributed by atoms with Gasteiger partial charge < -0.3 is 11.1 Å². The molecule has 0 saturated heterocycles. The number of aromatic nitrogens is 1. The van der Waals surface area contributed by atoms with E-state index >= 15 is 0 Å². The van der Waals surface area contributed by atoms with Gasteiger partial charge in [-0.15, -0.1) is 0 Å². The van der Waals surface area contributed by atoms with E-state index in [0.717, 1.165) is 17.2 Å². The maximum atomic E-state index is 12.2. The van der Waals surface area contributed by atoms with Crippen LogP contribution in [0.3, 0.4) is 0 Å². The maximum absolute atomic E-state index is 12.2. The number of benzene rings is 1. The lowest BCUT2D eigenvalue weighted by Crippen LogP contribution is -2.38. The summed E-state index contributed by atoms with van der Waals surface area (Å²) in [6.07, 6.45) is 2.55. The van der Waals surface area contributed by atoms with E-state index in [-0.39, 0.29) is 11.9 Å². The van der Waals surface area contributed by atoms with E-state index in [4.69, 9.17) is 5.73 Å². The number of hydrogen-bond acceptors (Lipinski definition) is 3. The van der Waals surface area contributed by atoms with Crippen LogP contribution in [0, 0.1) is 5.92 Å². The Morgan fingerprint density at radius 3 is 2.80 bits per heavy atom. The molecule has 0 spiro atoms. The molecule has 106 valence electrons. The van der Waals surface area contributed by atoms with E-state index in [9.17, 15) is 4.79 Å². The third-order valence-electron chi connectivity index (χ3n) is 3.19. The van der Waals surface area contributed by atoms with Crippen LogP contribution in [0.15, 0.2) is 36.5 Å². The van der Waals surface area contributed by atoms with Gasteiger partial charge in [0.2, 0.25) is 0 Å². The van der Waals surface area contributed by atoms with E-state index in [1.165, 1.54) is 0 Å². The Morgan fingerprint density at radius 2 is 2.05 bits per heavy atom. The molecular formula is C16H21N3O. The van der Waals surface area contributed by atoms with Gasteiger partial charge in [-0.3, -0.25) is 9.78 Å². The lowest BCUT2D eigenvalue weighted by molar-refractivity contribution is 0.0947. The fraction of sp³-hybridized carbons (Fsp3) is 0.375. The fourth-order valence-corrected chi connectivity index (χ4v) is 2.30. The Hall–Kier alpha value is -1.94. The number of hydrogen-bond donors (Lipinski definition) is 2. The highest BCUT2D eigenvalue weighted by Gasteiger charge is 2.13. The minimum Gasteiger partial charge on any atom is -0.349 e. The van der Waals surface area contributed by atoms with Crippen molar-refractivity contribution in [1.29, 1.82) is 0 Å². The van der Waals surface area contributed by atoms with Gasteiger partial charge >= 0.3 is 0 Å². The van der Waals surface area contributed by atoms with Crippen LogP contribution in [-0.4, -0.2) is 23.5 Å². The molecule has 1 atom stereocenters. The molecule has 20 heavy (non-hydrogen) atoms. The van der Waals surface area contributed by atoms with E-state index in [2.05, 4.69) is 24.1 Å². The van der Waals surface area contributed by atoms with Crippen LogP contribution in [0.2, 0.25) is 0 Å². The number of carbonyl (C=O) groups is 1. The molecule has 0 radical (unpaired) electrons. The summed E-state index contributed by atoms with van der Waals surface area (Å²) in [5.41, 5.74) is 6.44. The highest BCUT2D eigenvalue weighted by Crippen LogP contribution is 2.16. The van der Waals surface area contributed by atoms with Crippen molar-refractivity contribution in [1.82, 2.24) is 10.3 Å². The highest BCUT2D eigenvalue weighted by molar-refractivity contribution is 6.05. The summed E-state index contributed by atoms with van der Waals surface area (Å²) in [4.78, 5) is 16.4. The molecule has 2 rings (SSSR count). The summed E-state index contributed by atoms with van der Waals surface area (Å²) in [5, 5.41) is 4.75. The molecule has 0 fully saturated rings. The molecule has 0 bridgehead atoms. The Kier molecular flexibility index (Phi) is 4.69. The van der Waals surface area contributed by atoms with E-state index in [1.807, 2.05) is 30.3 Å². The number of carbonyl (C=O) groups excluding carboxylic acids is 1. The smallest absolute Gasteiger partial charge is 0.270 e.